The molecule has 3 aliphatic heterocycles. The summed E-state index contributed by atoms with van der Waals surface area (Å²) in [5.74, 6) is 0.801. The number of carboxylic acid groups (broad SMARTS) is 1. The molecule has 4 unspecified atom stereocenters. The molecule has 4 atom stereocenters. The molecular weight excluding hydrogens is 438 g/mol. The fourth-order valence-electron chi connectivity index (χ4n) is 5.32. The molecule has 0 aliphatic carbocycles. The van der Waals surface area contributed by atoms with Gasteiger partial charge < -0.3 is 19.5 Å². The first-order valence-electron chi connectivity index (χ1n) is 11.9. The molecule has 10 nitrogen and oxygen atoms in total. The monoisotopic (exact) mass is 471 g/mol. The zero-order chi connectivity index (χ0) is 24.2. The normalized spacial score (nSPS) is 26.6. The molecule has 3 saturated heterocycles. The lowest BCUT2D eigenvalue weighted by Crippen LogP contribution is -2.70. The molecular formula is C24H33N5O5. The highest BCUT2D eigenvalue weighted by atomic mass is 16.5. The Labute approximate surface area is 200 Å². The van der Waals surface area contributed by atoms with Crippen molar-refractivity contribution in [1.29, 1.82) is 5.26 Å². The van der Waals surface area contributed by atoms with Crippen LogP contribution in [0.15, 0.2) is 24.3 Å². The minimum Gasteiger partial charge on any atom is -0.492 e. The van der Waals surface area contributed by atoms with E-state index >= 15 is 0 Å². The van der Waals surface area contributed by atoms with Gasteiger partial charge in [0.15, 0.2) is 0 Å². The van der Waals surface area contributed by atoms with Gasteiger partial charge >= 0.3 is 6.09 Å². The van der Waals surface area contributed by atoms with Crippen molar-refractivity contribution in [2.75, 3.05) is 59.0 Å². The summed E-state index contributed by atoms with van der Waals surface area (Å²) in [7, 11) is 0. The standard InChI is InChI=1S/C24H33N5O5/c1-17(27-7-9-28(10-8-27)18(2)30)23-22-16-26(14-21(34-22)15-29(23)24(31)32)11-12-33-20-5-3-19(13-25)4-6-20/h3-6,17,21-23H,7-12,14-16H2,1-2H3,(H,31,32). The molecule has 3 fully saturated rings. The Kier molecular flexibility index (Phi) is 7.56. The quantitative estimate of drug-likeness (QED) is 0.652. The van der Waals surface area contributed by atoms with Crippen molar-refractivity contribution in [3.05, 3.63) is 29.8 Å². The Morgan fingerprint density at radius 1 is 1.18 bits per heavy atom. The van der Waals surface area contributed by atoms with Gasteiger partial charge in [-0.3, -0.25) is 19.5 Å². The Balaban J connectivity index is 1.36. The molecule has 3 aliphatic rings. The average molecular weight is 472 g/mol. The fraction of sp³-hybridized carbons (Fsp3) is 0.625. The summed E-state index contributed by atoms with van der Waals surface area (Å²) in [6.07, 6.45) is -1.29. The molecule has 0 spiro atoms. The first-order valence-corrected chi connectivity index (χ1v) is 11.9. The van der Waals surface area contributed by atoms with Crippen molar-refractivity contribution < 1.29 is 24.2 Å². The van der Waals surface area contributed by atoms with Gasteiger partial charge in [0, 0.05) is 58.8 Å². The summed E-state index contributed by atoms with van der Waals surface area (Å²) in [4.78, 5) is 31.8. The van der Waals surface area contributed by atoms with Gasteiger partial charge in [-0.15, -0.1) is 0 Å². The minimum absolute atomic E-state index is 0.0222. The SMILES string of the molecule is CC(=O)N1CCN(C(C)C2C3CN(CCOc4ccc(C#N)cc4)CC(CN2C(=O)O)O3)CC1. The van der Waals surface area contributed by atoms with Crippen molar-refractivity contribution in [2.24, 2.45) is 0 Å². The topological polar surface area (TPSA) is 110 Å². The third-order valence-corrected chi connectivity index (χ3v) is 7.14. The third-order valence-electron chi connectivity index (χ3n) is 7.14. The van der Waals surface area contributed by atoms with E-state index < -0.39 is 6.09 Å². The largest absolute Gasteiger partial charge is 0.492 e. The number of benzene rings is 1. The van der Waals surface area contributed by atoms with Crippen molar-refractivity contribution in [2.45, 2.75) is 38.1 Å². The maximum atomic E-state index is 12.1. The van der Waals surface area contributed by atoms with Crippen LogP contribution in [0.3, 0.4) is 0 Å². The van der Waals surface area contributed by atoms with Gasteiger partial charge in [0.1, 0.15) is 12.4 Å². The van der Waals surface area contributed by atoms with Crippen LogP contribution in [0.25, 0.3) is 0 Å². The number of carbonyl (C=O) groups is 2. The number of carbonyl (C=O) groups excluding carboxylic acids is 1. The van der Waals surface area contributed by atoms with Crippen molar-refractivity contribution in [3.8, 4) is 11.8 Å². The summed E-state index contributed by atoms with van der Waals surface area (Å²) in [5.41, 5.74) is 0.596. The Bertz CT molecular complexity index is 911. The van der Waals surface area contributed by atoms with Gasteiger partial charge in [0.25, 0.3) is 0 Å². The number of morpholine rings is 2. The lowest BCUT2D eigenvalue weighted by Gasteiger charge is -2.53. The molecule has 0 aromatic heterocycles. The molecule has 1 aromatic carbocycles. The van der Waals surface area contributed by atoms with E-state index in [0.29, 0.717) is 51.4 Å². The molecule has 184 valence electrons. The molecule has 2 bridgehead atoms. The van der Waals surface area contributed by atoms with Crippen LogP contribution in [0.4, 0.5) is 4.79 Å². The summed E-state index contributed by atoms with van der Waals surface area (Å²) < 4.78 is 12.1. The van der Waals surface area contributed by atoms with Crippen LogP contribution >= 0.6 is 0 Å². The summed E-state index contributed by atoms with van der Waals surface area (Å²) in [6.45, 7) is 9.28. The van der Waals surface area contributed by atoms with Gasteiger partial charge in [0.2, 0.25) is 5.91 Å². The summed E-state index contributed by atoms with van der Waals surface area (Å²) in [5, 5.41) is 18.9. The van der Waals surface area contributed by atoms with E-state index in [9.17, 15) is 14.7 Å². The Morgan fingerprint density at radius 3 is 2.50 bits per heavy atom. The number of nitriles is 1. The molecule has 34 heavy (non-hydrogen) atoms. The van der Waals surface area contributed by atoms with E-state index in [1.165, 1.54) is 0 Å². The Morgan fingerprint density at radius 2 is 1.88 bits per heavy atom. The number of hydrogen-bond acceptors (Lipinski definition) is 7. The van der Waals surface area contributed by atoms with E-state index in [1.807, 2.05) is 4.90 Å². The van der Waals surface area contributed by atoms with Crippen molar-refractivity contribution >= 4 is 12.0 Å². The molecule has 2 amide bonds. The van der Waals surface area contributed by atoms with Gasteiger partial charge in [-0.1, -0.05) is 0 Å². The van der Waals surface area contributed by atoms with Crippen LogP contribution in [-0.2, 0) is 9.53 Å². The lowest BCUT2D eigenvalue weighted by molar-refractivity contribution is -0.171. The number of amides is 2. The zero-order valence-corrected chi connectivity index (χ0v) is 19.8. The minimum atomic E-state index is -0.907. The lowest BCUT2D eigenvalue weighted by atomic mass is 9.94. The first kappa shape index (κ1) is 24.3. The second-order valence-corrected chi connectivity index (χ2v) is 9.25. The molecule has 0 radical (unpaired) electrons. The van der Waals surface area contributed by atoms with E-state index in [-0.39, 0.29) is 30.2 Å². The van der Waals surface area contributed by atoms with Gasteiger partial charge in [-0.05, 0) is 31.2 Å². The fourth-order valence-corrected chi connectivity index (χ4v) is 5.32. The van der Waals surface area contributed by atoms with E-state index in [0.717, 1.165) is 18.8 Å². The maximum absolute atomic E-state index is 12.1. The molecule has 0 saturated carbocycles. The van der Waals surface area contributed by atoms with Crippen LogP contribution in [-0.4, -0.2) is 120 Å². The first-order chi connectivity index (χ1) is 16.4. The van der Waals surface area contributed by atoms with E-state index in [4.69, 9.17) is 14.7 Å². The highest BCUT2D eigenvalue weighted by molar-refractivity contribution is 5.73. The Hall–Kier alpha value is -2.87. The van der Waals surface area contributed by atoms with Crippen LogP contribution < -0.4 is 4.74 Å². The van der Waals surface area contributed by atoms with Crippen LogP contribution in [0, 0.1) is 11.3 Å². The second-order valence-electron chi connectivity index (χ2n) is 9.25. The third kappa shape index (κ3) is 5.43. The highest BCUT2D eigenvalue weighted by Crippen LogP contribution is 2.29. The predicted octanol–water partition coefficient (Wildman–Crippen LogP) is 0.921. The number of hydrogen-bond donors (Lipinski definition) is 1. The number of nitrogens with zero attached hydrogens (tertiary/aromatic N) is 5. The summed E-state index contributed by atoms with van der Waals surface area (Å²) >= 11 is 0. The average Bonchev–Trinajstić information content (AvgIpc) is 2.83. The molecule has 3 heterocycles. The maximum Gasteiger partial charge on any atom is 0.407 e. The zero-order valence-electron chi connectivity index (χ0n) is 19.8. The molecule has 1 N–H and O–H groups in total. The smallest absolute Gasteiger partial charge is 0.407 e. The molecule has 1 aromatic rings. The number of piperazine rings is 1. The van der Waals surface area contributed by atoms with Crippen molar-refractivity contribution in [1.82, 2.24) is 19.6 Å². The predicted molar refractivity (Wildman–Crippen MR) is 124 cm³/mol. The summed E-state index contributed by atoms with van der Waals surface area (Å²) in [6, 6.07) is 8.85. The van der Waals surface area contributed by atoms with Crippen molar-refractivity contribution in [3.63, 3.8) is 0 Å². The molecule has 10 heteroatoms. The van der Waals surface area contributed by atoms with Crippen LogP contribution in [0.1, 0.15) is 19.4 Å². The van der Waals surface area contributed by atoms with E-state index in [1.54, 1.807) is 36.1 Å². The van der Waals surface area contributed by atoms with E-state index in [2.05, 4.69) is 22.8 Å². The van der Waals surface area contributed by atoms with Gasteiger partial charge in [-0.25, -0.2) is 4.79 Å². The number of rotatable bonds is 6. The van der Waals surface area contributed by atoms with Gasteiger partial charge in [0.05, 0.1) is 36.4 Å². The number of fused-ring (bicyclic) bond motifs is 2. The second kappa shape index (κ2) is 10.6. The molecule has 4 rings (SSSR count). The van der Waals surface area contributed by atoms with Crippen LogP contribution in [0.5, 0.6) is 5.75 Å². The van der Waals surface area contributed by atoms with Gasteiger partial charge in [-0.2, -0.15) is 5.26 Å². The highest BCUT2D eigenvalue weighted by Gasteiger charge is 2.47. The van der Waals surface area contributed by atoms with Crippen LogP contribution in [0.2, 0.25) is 0 Å². The number of ether oxygens (including phenoxy) is 2.